The smallest absolute Gasteiger partial charge is 0.237 e. The van der Waals surface area contributed by atoms with Crippen LogP contribution in [0.4, 0.5) is 0 Å². The van der Waals surface area contributed by atoms with Gasteiger partial charge in [0.15, 0.2) is 0 Å². The molecule has 1 N–H and O–H groups in total. The Kier molecular flexibility index (Phi) is 3.75. The van der Waals surface area contributed by atoms with Gasteiger partial charge in [0.2, 0.25) is 5.91 Å². The molecule has 0 saturated heterocycles. The van der Waals surface area contributed by atoms with E-state index in [4.69, 9.17) is 5.26 Å². The van der Waals surface area contributed by atoms with Gasteiger partial charge < -0.3 is 5.32 Å². The summed E-state index contributed by atoms with van der Waals surface area (Å²) in [5.74, 6) is 0.00523. The lowest BCUT2D eigenvalue weighted by atomic mass is 10.1. The minimum absolute atomic E-state index is 0.130. The Morgan fingerprint density at radius 2 is 2.23 bits per heavy atom. The lowest BCUT2D eigenvalue weighted by molar-refractivity contribution is -0.123. The first-order chi connectivity index (χ1) is 6.24. The first-order valence-electron chi connectivity index (χ1n) is 4.91. The summed E-state index contributed by atoms with van der Waals surface area (Å²) in [4.78, 5) is 11.2. The molecule has 1 unspecified atom stereocenters. The number of hydrogen-bond donors (Lipinski definition) is 1. The van der Waals surface area contributed by atoms with Crippen molar-refractivity contribution in [3.8, 4) is 6.07 Å². The van der Waals surface area contributed by atoms with Crippen LogP contribution in [0, 0.1) is 23.2 Å². The highest BCUT2D eigenvalue weighted by molar-refractivity contribution is 5.80. The molecule has 3 heteroatoms. The van der Waals surface area contributed by atoms with Crippen LogP contribution in [0.3, 0.4) is 0 Å². The fourth-order valence-electron chi connectivity index (χ4n) is 1.67. The van der Waals surface area contributed by atoms with Crippen molar-refractivity contribution in [3.63, 3.8) is 0 Å². The van der Waals surface area contributed by atoms with Gasteiger partial charge in [-0.15, -0.1) is 0 Å². The monoisotopic (exact) mass is 180 g/mol. The Morgan fingerprint density at radius 1 is 1.62 bits per heavy atom. The predicted molar refractivity (Wildman–Crippen MR) is 49.7 cm³/mol. The molecular formula is C10H16N2O. The Balaban J connectivity index is 2.18. The molecule has 3 nitrogen and oxygen atoms in total. The average molecular weight is 180 g/mol. The van der Waals surface area contributed by atoms with Gasteiger partial charge in [0, 0.05) is 6.54 Å². The van der Waals surface area contributed by atoms with E-state index < -0.39 is 5.92 Å². The van der Waals surface area contributed by atoms with Crippen LogP contribution in [-0.4, -0.2) is 12.5 Å². The molecular weight excluding hydrogens is 164 g/mol. The van der Waals surface area contributed by atoms with Gasteiger partial charge in [-0.3, -0.25) is 4.79 Å². The van der Waals surface area contributed by atoms with E-state index in [0.717, 1.165) is 6.54 Å². The standard InChI is InChI=1S/C10H16N2O/c1-8(6-11)10(13)12-7-9-4-2-3-5-9/h8-9H,2-5,7H2,1H3,(H,12,13). The van der Waals surface area contributed by atoms with Gasteiger partial charge in [-0.2, -0.15) is 5.26 Å². The van der Waals surface area contributed by atoms with Crippen molar-refractivity contribution in [2.45, 2.75) is 32.6 Å². The molecule has 0 aromatic heterocycles. The maximum atomic E-state index is 11.2. The van der Waals surface area contributed by atoms with E-state index in [1.807, 2.05) is 6.07 Å². The molecule has 1 saturated carbocycles. The molecule has 0 radical (unpaired) electrons. The largest absolute Gasteiger partial charge is 0.355 e. The molecule has 1 atom stereocenters. The van der Waals surface area contributed by atoms with Crippen molar-refractivity contribution in [1.82, 2.24) is 5.32 Å². The molecule has 13 heavy (non-hydrogen) atoms. The molecule has 1 aliphatic carbocycles. The second-order valence-corrected chi connectivity index (χ2v) is 3.75. The van der Waals surface area contributed by atoms with Crippen LogP contribution < -0.4 is 5.32 Å². The van der Waals surface area contributed by atoms with Crippen LogP contribution in [0.1, 0.15) is 32.6 Å². The maximum Gasteiger partial charge on any atom is 0.237 e. The zero-order chi connectivity index (χ0) is 9.68. The summed E-state index contributed by atoms with van der Waals surface area (Å²) in [6, 6.07) is 1.93. The van der Waals surface area contributed by atoms with E-state index in [1.165, 1.54) is 25.7 Å². The van der Waals surface area contributed by atoms with E-state index in [0.29, 0.717) is 5.92 Å². The number of carbonyl (C=O) groups excluding carboxylic acids is 1. The zero-order valence-electron chi connectivity index (χ0n) is 8.05. The van der Waals surface area contributed by atoms with Gasteiger partial charge in [-0.05, 0) is 25.7 Å². The minimum Gasteiger partial charge on any atom is -0.355 e. The summed E-state index contributed by atoms with van der Waals surface area (Å²) in [5, 5.41) is 11.3. The first kappa shape index (κ1) is 10.0. The fourth-order valence-corrected chi connectivity index (χ4v) is 1.67. The second kappa shape index (κ2) is 4.86. The highest BCUT2D eigenvalue weighted by Crippen LogP contribution is 2.23. The van der Waals surface area contributed by atoms with Crippen molar-refractivity contribution < 1.29 is 4.79 Å². The average Bonchev–Trinajstić information content (AvgIpc) is 2.65. The Morgan fingerprint density at radius 3 is 2.77 bits per heavy atom. The fraction of sp³-hybridized carbons (Fsp3) is 0.800. The SMILES string of the molecule is CC(C#N)C(=O)NCC1CCCC1. The normalized spacial score (nSPS) is 19.4. The van der Waals surface area contributed by atoms with E-state index in [1.54, 1.807) is 6.92 Å². The summed E-state index contributed by atoms with van der Waals surface area (Å²) in [5.41, 5.74) is 0. The predicted octanol–water partition coefficient (Wildman–Crippen LogP) is 1.45. The molecule has 1 fully saturated rings. The molecule has 0 spiro atoms. The summed E-state index contributed by atoms with van der Waals surface area (Å²) in [6.45, 7) is 2.38. The first-order valence-corrected chi connectivity index (χ1v) is 4.91. The third-order valence-corrected chi connectivity index (χ3v) is 2.63. The number of nitriles is 1. The van der Waals surface area contributed by atoms with Gasteiger partial charge in [-0.1, -0.05) is 12.8 Å². The van der Waals surface area contributed by atoms with Crippen LogP contribution in [0.5, 0.6) is 0 Å². The molecule has 1 aliphatic rings. The third kappa shape index (κ3) is 3.06. The Labute approximate surface area is 79.1 Å². The molecule has 0 heterocycles. The summed E-state index contributed by atoms with van der Waals surface area (Å²) in [6.07, 6.45) is 5.02. The number of hydrogen-bond acceptors (Lipinski definition) is 2. The van der Waals surface area contributed by atoms with Gasteiger partial charge in [0.25, 0.3) is 0 Å². The number of nitrogens with one attached hydrogen (secondary N) is 1. The minimum atomic E-state index is -0.513. The van der Waals surface area contributed by atoms with Gasteiger partial charge in [-0.25, -0.2) is 0 Å². The molecule has 0 bridgehead atoms. The molecule has 1 rings (SSSR count). The van der Waals surface area contributed by atoms with E-state index in [9.17, 15) is 4.79 Å². The van der Waals surface area contributed by atoms with Gasteiger partial charge in [0.1, 0.15) is 5.92 Å². The highest BCUT2D eigenvalue weighted by Gasteiger charge is 2.17. The molecule has 0 aromatic rings. The number of carbonyl (C=O) groups is 1. The summed E-state index contributed by atoms with van der Waals surface area (Å²) in [7, 11) is 0. The van der Waals surface area contributed by atoms with Crippen molar-refractivity contribution in [2.75, 3.05) is 6.54 Å². The highest BCUT2D eigenvalue weighted by atomic mass is 16.1. The summed E-state index contributed by atoms with van der Waals surface area (Å²) < 4.78 is 0. The summed E-state index contributed by atoms with van der Waals surface area (Å²) >= 11 is 0. The third-order valence-electron chi connectivity index (χ3n) is 2.63. The van der Waals surface area contributed by atoms with Crippen LogP contribution in [-0.2, 0) is 4.79 Å². The lowest BCUT2D eigenvalue weighted by Crippen LogP contribution is -2.32. The van der Waals surface area contributed by atoms with Crippen LogP contribution in [0.2, 0.25) is 0 Å². The van der Waals surface area contributed by atoms with Crippen molar-refractivity contribution in [2.24, 2.45) is 11.8 Å². The van der Waals surface area contributed by atoms with Crippen molar-refractivity contribution >= 4 is 5.91 Å². The zero-order valence-corrected chi connectivity index (χ0v) is 8.05. The van der Waals surface area contributed by atoms with Crippen molar-refractivity contribution in [3.05, 3.63) is 0 Å². The van der Waals surface area contributed by atoms with Crippen LogP contribution in [0.25, 0.3) is 0 Å². The molecule has 0 aliphatic heterocycles. The van der Waals surface area contributed by atoms with Crippen molar-refractivity contribution in [1.29, 1.82) is 5.26 Å². The Hall–Kier alpha value is -1.04. The quantitative estimate of drug-likeness (QED) is 0.714. The molecule has 1 amide bonds. The maximum absolute atomic E-state index is 11.2. The van der Waals surface area contributed by atoms with E-state index >= 15 is 0 Å². The number of nitrogens with zero attached hydrogens (tertiary/aromatic N) is 1. The topological polar surface area (TPSA) is 52.9 Å². The van der Waals surface area contributed by atoms with E-state index in [-0.39, 0.29) is 5.91 Å². The Bertz CT molecular complexity index is 213. The van der Waals surface area contributed by atoms with Gasteiger partial charge in [0.05, 0.1) is 6.07 Å². The number of rotatable bonds is 3. The van der Waals surface area contributed by atoms with E-state index in [2.05, 4.69) is 5.32 Å². The second-order valence-electron chi connectivity index (χ2n) is 3.75. The lowest BCUT2D eigenvalue weighted by Gasteiger charge is -2.10. The van der Waals surface area contributed by atoms with Crippen LogP contribution >= 0.6 is 0 Å². The molecule has 0 aromatic carbocycles. The molecule has 72 valence electrons. The van der Waals surface area contributed by atoms with Gasteiger partial charge >= 0.3 is 0 Å². The van der Waals surface area contributed by atoms with Crippen LogP contribution in [0.15, 0.2) is 0 Å². The number of amides is 1.